The summed E-state index contributed by atoms with van der Waals surface area (Å²) in [5, 5.41) is 9.45. The molecule has 176 valence electrons. The van der Waals surface area contributed by atoms with Crippen LogP contribution in [0.4, 0.5) is 0 Å². The van der Waals surface area contributed by atoms with Crippen molar-refractivity contribution in [2.24, 2.45) is 0 Å². The lowest BCUT2D eigenvalue weighted by Crippen LogP contribution is -2.38. The second kappa shape index (κ2) is 10.6. The van der Waals surface area contributed by atoms with Crippen LogP contribution in [0.15, 0.2) is 67.0 Å². The van der Waals surface area contributed by atoms with E-state index in [1.165, 1.54) is 0 Å². The van der Waals surface area contributed by atoms with Gasteiger partial charge in [0.1, 0.15) is 30.3 Å². The van der Waals surface area contributed by atoms with E-state index >= 15 is 0 Å². The van der Waals surface area contributed by atoms with E-state index < -0.39 is 0 Å². The number of rotatable bonds is 9. The molecule has 2 aromatic heterocycles. The van der Waals surface area contributed by atoms with Gasteiger partial charge in [0.05, 0.1) is 24.2 Å². The molecule has 0 amide bonds. The van der Waals surface area contributed by atoms with Crippen LogP contribution in [0.2, 0.25) is 0 Å². The topological polar surface area (TPSA) is 81.9 Å². The molecule has 1 aliphatic rings. The molecular weight excluding hydrogens is 432 g/mol. The van der Waals surface area contributed by atoms with Gasteiger partial charge in [0, 0.05) is 44.3 Å². The predicted octanol–water partition coefficient (Wildman–Crippen LogP) is 3.46. The van der Waals surface area contributed by atoms with E-state index in [1.807, 2.05) is 65.2 Å². The zero-order valence-corrected chi connectivity index (χ0v) is 19.0. The molecule has 34 heavy (non-hydrogen) atoms. The van der Waals surface area contributed by atoms with Gasteiger partial charge in [-0.2, -0.15) is 4.98 Å². The highest BCUT2D eigenvalue weighted by atomic mass is 16.5. The zero-order valence-electron chi connectivity index (χ0n) is 19.0. The van der Waals surface area contributed by atoms with E-state index in [1.54, 1.807) is 6.33 Å². The molecule has 0 bridgehead atoms. The number of pyridine rings is 1. The van der Waals surface area contributed by atoms with Gasteiger partial charge in [-0.05, 0) is 36.4 Å². The maximum absolute atomic E-state index is 9.45. The molecule has 2 aromatic carbocycles. The van der Waals surface area contributed by atoms with Crippen molar-refractivity contribution in [1.82, 2.24) is 19.4 Å². The van der Waals surface area contributed by atoms with E-state index in [0.29, 0.717) is 30.5 Å². The third-order valence-corrected chi connectivity index (χ3v) is 5.81. The molecular formula is C26H28N4O4. The molecule has 4 aromatic rings. The Morgan fingerprint density at radius 3 is 2.65 bits per heavy atom. The number of imidazole rings is 1. The fourth-order valence-electron chi connectivity index (χ4n) is 3.98. The minimum absolute atomic E-state index is 0.0223. The van der Waals surface area contributed by atoms with Gasteiger partial charge < -0.3 is 19.3 Å². The number of benzene rings is 2. The van der Waals surface area contributed by atoms with Crippen molar-refractivity contribution in [3.8, 4) is 23.2 Å². The Morgan fingerprint density at radius 2 is 1.82 bits per heavy atom. The average Bonchev–Trinajstić information content (AvgIpc) is 3.30. The van der Waals surface area contributed by atoms with Crippen LogP contribution in [0.1, 0.15) is 5.56 Å². The number of fused-ring (bicyclic) bond motifs is 1. The van der Waals surface area contributed by atoms with Crippen molar-refractivity contribution in [2.75, 3.05) is 46.1 Å². The third-order valence-electron chi connectivity index (χ3n) is 5.81. The summed E-state index contributed by atoms with van der Waals surface area (Å²) in [7, 11) is 0. The molecule has 1 N–H and O–H groups in total. The van der Waals surface area contributed by atoms with Gasteiger partial charge in [0.25, 0.3) is 0 Å². The van der Waals surface area contributed by atoms with Crippen LogP contribution in [0.25, 0.3) is 16.9 Å². The number of aliphatic hydroxyl groups excluding tert-OH is 1. The molecule has 1 saturated heterocycles. The second-order valence-electron chi connectivity index (χ2n) is 8.09. The number of hydrogen-bond donors (Lipinski definition) is 1. The quantitative estimate of drug-likeness (QED) is 0.410. The van der Waals surface area contributed by atoms with Crippen LogP contribution in [0, 0.1) is 0 Å². The van der Waals surface area contributed by atoms with Crippen molar-refractivity contribution in [1.29, 1.82) is 0 Å². The largest absolute Gasteiger partial charge is 0.492 e. The fraction of sp³-hybridized carbons (Fsp3) is 0.308. The number of ether oxygens (including phenoxy) is 3. The Labute approximate surface area is 198 Å². The molecule has 0 aliphatic carbocycles. The molecule has 3 heterocycles. The summed E-state index contributed by atoms with van der Waals surface area (Å²) in [5.41, 5.74) is 2.60. The van der Waals surface area contributed by atoms with E-state index in [0.717, 1.165) is 55.2 Å². The van der Waals surface area contributed by atoms with Crippen LogP contribution in [0.5, 0.6) is 17.4 Å². The first-order valence-electron chi connectivity index (χ1n) is 11.5. The highest BCUT2D eigenvalue weighted by molar-refractivity contribution is 5.78. The number of aliphatic hydroxyl groups is 1. The SMILES string of the molecule is OCCc1ccc(-n2cnc3cc(OCCN4CCOCC4)ccc32)nc1Oc1ccccc1. The Kier molecular flexibility index (Phi) is 6.99. The van der Waals surface area contributed by atoms with Gasteiger partial charge in [-0.1, -0.05) is 18.2 Å². The van der Waals surface area contributed by atoms with Gasteiger partial charge in [0.15, 0.2) is 0 Å². The van der Waals surface area contributed by atoms with E-state index in [-0.39, 0.29) is 6.61 Å². The Balaban J connectivity index is 1.34. The van der Waals surface area contributed by atoms with Gasteiger partial charge in [-0.15, -0.1) is 0 Å². The van der Waals surface area contributed by atoms with Gasteiger partial charge >= 0.3 is 0 Å². The van der Waals surface area contributed by atoms with Crippen LogP contribution in [-0.2, 0) is 11.2 Å². The lowest BCUT2D eigenvalue weighted by atomic mass is 10.2. The zero-order chi connectivity index (χ0) is 23.2. The van der Waals surface area contributed by atoms with Crippen molar-refractivity contribution >= 4 is 11.0 Å². The molecule has 1 aliphatic heterocycles. The Hall–Kier alpha value is -3.46. The third kappa shape index (κ3) is 5.20. The molecule has 5 rings (SSSR count). The normalized spacial score (nSPS) is 14.4. The molecule has 8 nitrogen and oxygen atoms in total. The van der Waals surface area contributed by atoms with Crippen molar-refractivity contribution in [3.05, 3.63) is 72.6 Å². The first-order valence-corrected chi connectivity index (χ1v) is 11.5. The molecule has 0 saturated carbocycles. The van der Waals surface area contributed by atoms with Gasteiger partial charge in [-0.25, -0.2) is 4.98 Å². The maximum Gasteiger partial charge on any atom is 0.224 e. The minimum atomic E-state index is 0.0223. The predicted molar refractivity (Wildman–Crippen MR) is 129 cm³/mol. The lowest BCUT2D eigenvalue weighted by molar-refractivity contribution is 0.0322. The fourth-order valence-corrected chi connectivity index (χ4v) is 3.98. The van der Waals surface area contributed by atoms with Crippen molar-refractivity contribution < 1.29 is 19.3 Å². The van der Waals surface area contributed by atoms with Crippen molar-refractivity contribution in [2.45, 2.75) is 6.42 Å². The molecule has 0 spiro atoms. The molecule has 0 atom stereocenters. The number of hydrogen-bond acceptors (Lipinski definition) is 7. The lowest BCUT2D eigenvalue weighted by Gasteiger charge is -2.26. The Bertz CT molecular complexity index is 1220. The molecule has 1 fully saturated rings. The van der Waals surface area contributed by atoms with Crippen LogP contribution in [-0.4, -0.2) is 70.6 Å². The molecule has 0 radical (unpaired) electrons. The first-order chi connectivity index (χ1) is 16.8. The summed E-state index contributed by atoms with van der Waals surface area (Å²) in [4.78, 5) is 11.7. The summed E-state index contributed by atoms with van der Waals surface area (Å²) < 4.78 is 19.3. The van der Waals surface area contributed by atoms with E-state index in [2.05, 4.69) is 9.88 Å². The number of nitrogens with zero attached hydrogens (tertiary/aromatic N) is 4. The highest BCUT2D eigenvalue weighted by Crippen LogP contribution is 2.27. The van der Waals surface area contributed by atoms with Crippen LogP contribution in [0.3, 0.4) is 0 Å². The number of aromatic nitrogens is 3. The van der Waals surface area contributed by atoms with Gasteiger partial charge in [0.2, 0.25) is 5.88 Å². The summed E-state index contributed by atoms with van der Waals surface area (Å²) in [6.45, 7) is 5.01. The Morgan fingerprint density at radius 1 is 0.971 bits per heavy atom. The minimum Gasteiger partial charge on any atom is -0.492 e. The van der Waals surface area contributed by atoms with Crippen LogP contribution >= 0.6 is 0 Å². The standard InChI is InChI=1S/C26H28N4O4/c31-14-10-20-6-9-25(28-26(20)34-21-4-2-1-3-5-21)30-19-27-23-18-22(7-8-24(23)30)33-17-13-29-11-15-32-16-12-29/h1-9,18-19,31H,10-17H2. The smallest absolute Gasteiger partial charge is 0.224 e. The number of para-hydroxylation sites is 1. The summed E-state index contributed by atoms with van der Waals surface area (Å²) in [6, 6.07) is 19.3. The van der Waals surface area contributed by atoms with Crippen LogP contribution < -0.4 is 9.47 Å². The highest BCUT2D eigenvalue weighted by Gasteiger charge is 2.13. The average molecular weight is 461 g/mol. The summed E-state index contributed by atoms with van der Waals surface area (Å²) in [6.07, 6.45) is 2.22. The molecule has 0 unspecified atom stereocenters. The number of morpholine rings is 1. The monoisotopic (exact) mass is 460 g/mol. The summed E-state index contributed by atoms with van der Waals surface area (Å²) in [5.74, 6) is 2.66. The van der Waals surface area contributed by atoms with Gasteiger partial charge in [-0.3, -0.25) is 9.47 Å². The first kappa shape index (κ1) is 22.3. The van der Waals surface area contributed by atoms with Crippen molar-refractivity contribution in [3.63, 3.8) is 0 Å². The second-order valence-corrected chi connectivity index (χ2v) is 8.09. The molecule has 8 heteroatoms. The van der Waals surface area contributed by atoms with E-state index in [9.17, 15) is 5.11 Å². The van der Waals surface area contributed by atoms with E-state index in [4.69, 9.17) is 19.2 Å². The maximum atomic E-state index is 9.45. The summed E-state index contributed by atoms with van der Waals surface area (Å²) >= 11 is 0.